The van der Waals surface area contributed by atoms with Gasteiger partial charge in [0.05, 0.1) is 10.1 Å². The monoisotopic (exact) mass is 481 g/mol. The van der Waals surface area contributed by atoms with Crippen LogP contribution in [0.25, 0.3) is 0 Å². The Morgan fingerprint density at radius 3 is 2.47 bits per heavy atom. The number of hydrogen-bond acceptors (Lipinski definition) is 6. The molecule has 5 nitrogen and oxygen atoms in total. The summed E-state index contributed by atoms with van der Waals surface area (Å²) < 4.78 is 26.9. The molecule has 0 radical (unpaired) electrons. The summed E-state index contributed by atoms with van der Waals surface area (Å²) in [4.78, 5) is 2.72. The number of halogens is 1. The van der Waals surface area contributed by atoms with E-state index in [0.29, 0.717) is 12.4 Å². The Labute approximate surface area is 203 Å². The molecule has 178 valence electrons. The number of benzene rings is 3. The Hall–Kier alpha value is -2.90. The first-order valence-electron chi connectivity index (χ1n) is 11.6. The van der Waals surface area contributed by atoms with Crippen molar-refractivity contribution in [2.24, 2.45) is 5.92 Å². The van der Waals surface area contributed by atoms with Crippen LogP contribution < -0.4 is 9.47 Å². The van der Waals surface area contributed by atoms with Gasteiger partial charge in [-0.05, 0) is 66.4 Å². The summed E-state index contributed by atoms with van der Waals surface area (Å²) >= 11 is 1.31. The smallest absolute Gasteiger partial charge is 0.182 e. The highest BCUT2D eigenvalue weighted by Crippen LogP contribution is 2.55. The van der Waals surface area contributed by atoms with Gasteiger partial charge in [0.1, 0.15) is 30.0 Å². The fraction of sp³-hybridized carbons (Fsp3) is 0.333. The van der Waals surface area contributed by atoms with Crippen LogP contribution in [0.15, 0.2) is 65.6 Å². The summed E-state index contributed by atoms with van der Waals surface area (Å²) in [7, 11) is 0. The van der Waals surface area contributed by atoms with Gasteiger partial charge in [-0.15, -0.1) is 11.8 Å². The molecule has 2 heterocycles. The SMILES string of the molecule is C[C@@H]1CCN(CCOc2ccc([C@@H]3Oc4ccc(O)c(F)c4S[C@@H]3c3ccc(O)cc3)cc2)C1. The van der Waals surface area contributed by atoms with Crippen molar-refractivity contribution in [3.05, 3.63) is 77.6 Å². The lowest BCUT2D eigenvalue weighted by Gasteiger charge is -2.34. The van der Waals surface area contributed by atoms with Crippen LogP contribution in [0.5, 0.6) is 23.0 Å². The first kappa shape index (κ1) is 22.9. The van der Waals surface area contributed by atoms with Crippen LogP contribution >= 0.6 is 11.8 Å². The van der Waals surface area contributed by atoms with Crippen molar-refractivity contribution >= 4 is 11.8 Å². The van der Waals surface area contributed by atoms with Crippen molar-refractivity contribution in [2.75, 3.05) is 26.2 Å². The topological polar surface area (TPSA) is 62.2 Å². The third-order valence-electron chi connectivity index (χ3n) is 6.43. The summed E-state index contributed by atoms with van der Waals surface area (Å²) in [5.41, 5.74) is 1.83. The molecule has 7 heteroatoms. The van der Waals surface area contributed by atoms with Gasteiger partial charge >= 0.3 is 0 Å². The van der Waals surface area contributed by atoms with E-state index in [0.717, 1.165) is 42.4 Å². The van der Waals surface area contributed by atoms with Crippen LogP contribution in [-0.2, 0) is 0 Å². The highest BCUT2D eigenvalue weighted by atomic mass is 32.2. The molecule has 2 aliphatic heterocycles. The van der Waals surface area contributed by atoms with Crippen molar-refractivity contribution in [3.8, 4) is 23.0 Å². The number of phenolic OH excluding ortho intramolecular Hbond substituents is 2. The number of fused-ring (bicyclic) bond motifs is 1. The highest BCUT2D eigenvalue weighted by Gasteiger charge is 2.35. The van der Waals surface area contributed by atoms with E-state index in [1.54, 1.807) is 18.2 Å². The van der Waals surface area contributed by atoms with Crippen LogP contribution in [0.3, 0.4) is 0 Å². The molecule has 34 heavy (non-hydrogen) atoms. The molecule has 0 bridgehead atoms. The standard InChI is InChI=1S/C27H28FNO4S/c1-17-12-13-29(16-17)14-15-32-21-8-4-18(5-9-21)25-26(19-2-6-20(30)7-3-19)34-27-23(33-25)11-10-22(31)24(27)28/h2-11,17,25-26,30-31H,12-16H2,1H3/t17-,25+,26-/m1/s1. The number of ether oxygens (including phenoxy) is 2. The van der Waals surface area contributed by atoms with Crippen LogP contribution in [-0.4, -0.2) is 41.4 Å². The quantitative estimate of drug-likeness (QED) is 0.455. The van der Waals surface area contributed by atoms with Gasteiger partial charge in [-0.25, -0.2) is 4.39 Å². The van der Waals surface area contributed by atoms with E-state index < -0.39 is 11.6 Å². The predicted molar refractivity (Wildman–Crippen MR) is 130 cm³/mol. The molecular formula is C27H28FNO4S. The van der Waals surface area contributed by atoms with Gasteiger partial charge in [-0.2, -0.15) is 0 Å². The summed E-state index contributed by atoms with van der Waals surface area (Å²) in [6.45, 7) is 6.13. The molecule has 0 unspecified atom stereocenters. The molecule has 0 spiro atoms. The minimum Gasteiger partial charge on any atom is -0.508 e. The second kappa shape index (κ2) is 9.76. The summed E-state index contributed by atoms with van der Waals surface area (Å²) in [6.07, 6.45) is 0.870. The van der Waals surface area contributed by atoms with Crippen LogP contribution in [0.2, 0.25) is 0 Å². The first-order valence-corrected chi connectivity index (χ1v) is 12.4. The first-order chi connectivity index (χ1) is 16.5. The van der Waals surface area contributed by atoms with E-state index in [4.69, 9.17) is 9.47 Å². The maximum atomic E-state index is 14.7. The number of hydrogen-bond donors (Lipinski definition) is 2. The normalized spacial score (nSPS) is 22.2. The van der Waals surface area contributed by atoms with Gasteiger partial charge in [0.15, 0.2) is 11.6 Å². The fourth-order valence-electron chi connectivity index (χ4n) is 4.54. The van der Waals surface area contributed by atoms with E-state index in [9.17, 15) is 14.6 Å². The molecule has 5 rings (SSSR count). The van der Waals surface area contributed by atoms with Crippen molar-refractivity contribution in [1.29, 1.82) is 0 Å². The van der Waals surface area contributed by atoms with Gasteiger partial charge in [0.2, 0.25) is 0 Å². The number of nitrogens with zero attached hydrogens (tertiary/aromatic N) is 1. The Balaban J connectivity index is 1.35. The molecule has 3 atom stereocenters. The molecule has 1 saturated heterocycles. The zero-order chi connectivity index (χ0) is 23.7. The number of thioether (sulfide) groups is 1. The highest BCUT2D eigenvalue weighted by molar-refractivity contribution is 7.99. The largest absolute Gasteiger partial charge is 0.508 e. The Kier molecular flexibility index (Phi) is 6.57. The minimum atomic E-state index is -0.680. The Morgan fingerprint density at radius 2 is 1.76 bits per heavy atom. The second-order valence-corrected chi connectivity index (χ2v) is 10.2. The van der Waals surface area contributed by atoms with Crippen LogP contribution in [0.4, 0.5) is 4.39 Å². The fourth-order valence-corrected chi connectivity index (χ4v) is 5.87. The summed E-state index contributed by atoms with van der Waals surface area (Å²) in [6, 6.07) is 17.6. The number of aromatic hydroxyl groups is 2. The molecule has 1 fully saturated rings. The van der Waals surface area contributed by atoms with Crippen molar-refractivity contribution in [2.45, 2.75) is 29.6 Å². The van der Waals surface area contributed by atoms with E-state index in [1.807, 2.05) is 36.4 Å². The van der Waals surface area contributed by atoms with Crippen molar-refractivity contribution < 1.29 is 24.1 Å². The van der Waals surface area contributed by atoms with Gasteiger partial charge in [0, 0.05) is 13.1 Å². The maximum absolute atomic E-state index is 14.7. The molecular weight excluding hydrogens is 453 g/mol. The van der Waals surface area contributed by atoms with E-state index in [1.165, 1.54) is 24.2 Å². The maximum Gasteiger partial charge on any atom is 0.182 e. The van der Waals surface area contributed by atoms with Crippen molar-refractivity contribution in [3.63, 3.8) is 0 Å². The minimum absolute atomic E-state index is 0.163. The average Bonchev–Trinajstić information content (AvgIpc) is 3.27. The van der Waals surface area contributed by atoms with Gasteiger partial charge in [-0.3, -0.25) is 4.90 Å². The number of rotatable bonds is 6. The third kappa shape index (κ3) is 4.81. The molecule has 2 N–H and O–H groups in total. The molecule has 2 aliphatic rings. The summed E-state index contributed by atoms with van der Waals surface area (Å²) in [5.74, 6) is 1.05. The molecule has 0 saturated carbocycles. The van der Waals surface area contributed by atoms with Gasteiger partial charge < -0.3 is 19.7 Å². The lowest BCUT2D eigenvalue weighted by molar-refractivity contribution is 0.187. The molecule has 0 amide bonds. The molecule has 3 aromatic rings. The lowest BCUT2D eigenvalue weighted by atomic mass is 10.00. The molecule has 0 aromatic heterocycles. The Morgan fingerprint density at radius 1 is 1.03 bits per heavy atom. The zero-order valence-electron chi connectivity index (χ0n) is 19.0. The van der Waals surface area contributed by atoms with Crippen molar-refractivity contribution in [1.82, 2.24) is 4.90 Å². The zero-order valence-corrected chi connectivity index (χ0v) is 19.8. The molecule has 3 aromatic carbocycles. The third-order valence-corrected chi connectivity index (χ3v) is 7.82. The van der Waals surface area contributed by atoms with Gasteiger partial charge in [0.25, 0.3) is 0 Å². The summed E-state index contributed by atoms with van der Waals surface area (Å²) in [5, 5.41) is 19.3. The predicted octanol–water partition coefficient (Wildman–Crippen LogP) is 5.92. The van der Waals surface area contributed by atoms with Crippen LogP contribution in [0.1, 0.15) is 35.8 Å². The van der Waals surface area contributed by atoms with E-state index >= 15 is 0 Å². The van der Waals surface area contributed by atoms with Gasteiger partial charge in [-0.1, -0.05) is 31.2 Å². The number of likely N-dealkylation sites (tertiary alicyclic amines) is 1. The average molecular weight is 482 g/mol. The second-order valence-electron chi connectivity index (χ2n) is 9.01. The van der Waals surface area contributed by atoms with E-state index in [2.05, 4.69) is 11.8 Å². The van der Waals surface area contributed by atoms with E-state index in [-0.39, 0.29) is 22.0 Å². The number of phenols is 2. The molecule has 0 aliphatic carbocycles. The van der Waals surface area contributed by atoms with Crippen LogP contribution in [0, 0.1) is 11.7 Å². The lowest BCUT2D eigenvalue weighted by Crippen LogP contribution is -2.25. The Bertz CT molecular complexity index is 1140.